The zero-order valence-electron chi connectivity index (χ0n) is 13.4. The Hall–Kier alpha value is -1.87. The fraction of sp³-hybridized carbons (Fsp3) is 0.381. The molecule has 2 nitrogen and oxygen atoms in total. The van der Waals surface area contributed by atoms with Crippen molar-refractivity contribution in [1.82, 2.24) is 0 Å². The average Bonchev–Trinajstić information content (AvgIpc) is 2.79. The summed E-state index contributed by atoms with van der Waals surface area (Å²) in [4.78, 5) is 0. The molecule has 2 aliphatic carbocycles. The van der Waals surface area contributed by atoms with Gasteiger partial charge in [-0.15, -0.1) is 0 Å². The summed E-state index contributed by atoms with van der Waals surface area (Å²) in [6.07, 6.45) is 2.32. The molecular formula is C21H20O2S. The minimum absolute atomic E-state index is 0.132. The van der Waals surface area contributed by atoms with Crippen molar-refractivity contribution in [2.24, 2.45) is 11.8 Å². The van der Waals surface area contributed by atoms with Crippen LogP contribution in [0.5, 0.6) is 0 Å². The molecule has 1 saturated heterocycles. The Morgan fingerprint density at radius 2 is 1.08 bits per heavy atom. The van der Waals surface area contributed by atoms with Crippen LogP contribution in [0.3, 0.4) is 0 Å². The third kappa shape index (κ3) is 2.18. The molecule has 4 atom stereocenters. The number of ether oxygens (including phenoxy) is 2. The molecule has 0 amide bonds. The lowest BCUT2D eigenvalue weighted by Gasteiger charge is -2.52. The molecule has 3 fully saturated rings. The monoisotopic (exact) mass is 336 g/mol. The van der Waals surface area contributed by atoms with E-state index in [0.717, 1.165) is 12.8 Å². The van der Waals surface area contributed by atoms with Crippen LogP contribution in [0.1, 0.15) is 35.8 Å². The van der Waals surface area contributed by atoms with Gasteiger partial charge in [-0.25, -0.2) is 0 Å². The minimum Gasteiger partial charge on any atom is -0.450 e. The van der Waals surface area contributed by atoms with Gasteiger partial charge in [0.2, 0.25) is 0 Å². The Bertz CT molecular complexity index is 673. The minimum atomic E-state index is 0.132. The van der Waals surface area contributed by atoms with Crippen LogP contribution in [0.25, 0.3) is 0 Å². The molecule has 0 spiro atoms. The van der Waals surface area contributed by atoms with Crippen LogP contribution in [-0.2, 0) is 9.47 Å². The number of fused-ring (bicyclic) bond motifs is 3. The van der Waals surface area contributed by atoms with E-state index < -0.39 is 0 Å². The molecule has 3 aliphatic rings. The van der Waals surface area contributed by atoms with Crippen LogP contribution in [0, 0.1) is 11.8 Å². The fourth-order valence-corrected chi connectivity index (χ4v) is 5.47. The first-order valence-corrected chi connectivity index (χ1v) is 9.19. The third-order valence-corrected chi connectivity index (χ3v) is 6.33. The summed E-state index contributed by atoms with van der Waals surface area (Å²) in [5.41, 5.74) is 2.92. The maximum absolute atomic E-state index is 5.82. The summed E-state index contributed by atoms with van der Waals surface area (Å²) in [5.74, 6) is 2.39. The van der Waals surface area contributed by atoms with Gasteiger partial charge in [-0.05, 0) is 47.6 Å². The highest BCUT2D eigenvalue weighted by Gasteiger charge is 2.58. The lowest BCUT2D eigenvalue weighted by Crippen LogP contribution is -2.42. The highest BCUT2D eigenvalue weighted by atomic mass is 32.1. The van der Waals surface area contributed by atoms with Gasteiger partial charge in [-0.1, -0.05) is 60.7 Å². The largest absolute Gasteiger partial charge is 0.450 e. The molecule has 2 aromatic rings. The average molecular weight is 336 g/mol. The molecule has 3 heteroatoms. The van der Waals surface area contributed by atoms with E-state index in [4.69, 9.17) is 21.7 Å². The molecule has 2 unspecified atom stereocenters. The van der Waals surface area contributed by atoms with Crippen LogP contribution in [0.2, 0.25) is 0 Å². The maximum Gasteiger partial charge on any atom is 0.353 e. The summed E-state index contributed by atoms with van der Waals surface area (Å²) in [7, 11) is 0. The highest BCUT2D eigenvalue weighted by molar-refractivity contribution is 7.79. The van der Waals surface area contributed by atoms with Crippen molar-refractivity contribution in [1.29, 1.82) is 0 Å². The maximum atomic E-state index is 5.82. The molecule has 24 heavy (non-hydrogen) atoms. The van der Waals surface area contributed by atoms with Gasteiger partial charge in [0.25, 0.3) is 0 Å². The van der Waals surface area contributed by atoms with E-state index >= 15 is 0 Å². The molecule has 0 radical (unpaired) electrons. The first-order valence-electron chi connectivity index (χ1n) is 8.78. The van der Waals surface area contributed by atoms with Crippen molar-refractivity contribution in [2.45, 2.75) is 36.9 Å². The molecule has 5 rings (SSSR count). The highest BCUT2D eigenvalue weighted by Crippen LogP contribution is 2.63. The molecule has 0 aromatic heterocycles. The van der Waals surface area contributed by atoms with Crippen molar-refractivity contribution in [3.8, 4) is 0 Å². The van der Waals surface area contributed by atoms with Crippen molar-refractivity contribution < 1.29 is 9.47 Å². The van der Waals surface area contributed by atoms with Gasteiger partial charge < -0.3 is 9.47 Å². The topological polar surface area (TPSA) is 18.5 Å². The molecule has 1 aliphatic heterocycles. The second-order valence-electron chi connectivity index (χ2n) is 7.23. The van der Waals surface area contributed by atoms with Gasteiger partial charge in [0.1, 0.15) is 12.2 Å². The first kappa shape index (κ1) is 14.5. The predicted octanol–water partition coefficient (Wildman–Crippen LogP) is 4.66. The van der Waals surface area contributed by atoms with E-state index in [1.807, 2.05) is 0 Å². The smallest absolute Gasteiger partial charge is 0.353 e. The summed E-state index contributed by atoms with van der Waals surface area (Å²) in [6, 6.07) is 21.9. The van der Waals surface area contributed by atoms with Crippen molar-refractivity contribution >= 4 is 17.5 Å². The van der Waals surface area contributed by atoms with E-state index in [1.165, 1.54) is 11.1 Å². The number of rotatable bonds is 2. The van der Waals surface area contributed by atoms with Crippen molar-refractivity contribution in [2.75, 3.05) is 0 Å². The van der Waals surface area contributed by atoms with Gasteiger partial charge in [0.15, 0.2) is 0 Å². The van der Waals surface area contributed by atoms with Crippen LogP contribution < -0.4 is 0 Å². The second kappa shape index (κ2) is 5.59. The van der Waals surface area contributed by atoms with Crippen LogP contribution in [0.4, 0.5) is 0 Å². The van der Waals surface area contributed by atoms with E-state index in [2.05, 4.69) is 60.7 Å². The lowest BCUT2D eigenvalue weighted by atomic mass is 9.52. The van der Waals surface area contributed by atoms with Crippen LogP contribution >= 0.6 is 12.2 Å². The van der Waals surface area contributed by atoms with Crippen molar-refractivity contribution in [3.63, 3.8) is 0 Å². The van der Waals surface area contributed by atoms with E-state index in [0.29, 0.717) is 28.9 Å². The summed E-state index contributed by atoms with van der Waals surface area (Å²) < 4.78 is 11.6. The Morgan fingerprint density at radius 3 is 1.50 bits per heavy atom. The van der Waals surface area contributed by atoms with Crippen LogP contribution in [0.15, 0.2) is 60.7 Å². The summed E-state index contributed by atoms with van der Waals surface area (Å²) in [5, 5.41) is 0.346. The van der Waals surface area contributed by atoms with E-state index in [-0.39, 0.29) is 12.2 Å². The van der Waals surface area contributed by atoms with E-state index in [9.17, 15) is 0 Å². The Morgan fingerprint density at radius 1 is 0.667 bits per heavy atom. The normalized spacial score (nSPS) is 36.8. The van der Waals surface area contributed by atoms with Crippen LogP contribution in [-0.4, -0.2) is 17.4 Å². The molecule has 2 aromatic carbocycles. The Kier molecular flexibility index (Phi) is 3.37. The second-order valence-corrected chi connectivity index (χ2v) is 7.57. The molecule has 1 heterocycles. The van der Waals surface area contributed by atoms with E-state index in [1.54, 1.807) is 0 Å². The Labute approximate surface area is 147 Å². The molecule has 2 saturated carbocycles. The Balaban J connectivity index is 1.52. The predicted molar refractivity (Wildman–Crippen MR) is 96.9 cm³/mol. The van der Waals surface area contributed by atoms with Gasteiger partial charge in [-0.2, -0.15) is 0 Å². The number of thiocarbonyl (C=S) groups is 1. The number of hydrogen-bond donors (Lipinski definition) is 0. The lowest BCUT2D eigenvalue weighted by molar-refractivity contribution is 0.0756. The SMILES string of the molecule is S=C1O[C@H]2CC3C(c4ccccc4)C(C[C@H]2O1)C3c1ccccc1. The van der Waals surface area contributed by atoms with Gasteiger partial charge >= 0.3 is 5.24 Å². The number of benzene rings is 2. The summed E-state index contributed by atoms with van der Waals surface area (Å²) >= 11 is 5.13. The zero-order chi connectivity index (χ0) is 16.1. The summed E-state index contributed by atoms with van der Waals surface area (Å²) in [6.45, 7) is 0. The molecule has 0 N–H and O–H groups in total. The standard InChI is InChI=1S/C21H20O2S/c24-21-22-17-11-15-19(13-7-3-1-4-8-13)16(12-18(17)23-21)20(15)14-9-5-2-6-10-14/h1-10,15-20H,11-12H2/t15?,16?,17-,18+,19?,20?. The molecular weight excluding hydrogens is 316 g/mol. The van der Waals surface area contributed by atoms with Gasteiger partial charge in [-0.3, -0.25) is 0 Å². The number of hydrogen-bond acceptors (Lipinski definition) is 3. The third-order valence-electron chi connectivity index (χ3n) is 6.13. The first-order chi connectivity index (χ1) is 11.8. The van der Waals surface area contributed by atoms with Gasteiger partial charge in [0.05, 0.1) is 0 Å². The fourth-order valence-electron chi connectivity index (χ4n) is 5.23. The quantitative estimate of drug-likeness (QED) is 0.743. The van der Waals surface area contributed by atoms with Gasteiger partial charge in [0, 0.05) is 12.2 Å². The zero-order valence-corrected chi connectivity index (χ0v) is 14.2. The van der Waals surface area contributed by atoms with Crippen molar-refractivity contribution in [3.05, 3.63) is 71.8 Å². The molecule has 122 valence electrons. The molecule has 2 bridgehead atoms.